The average Bonchev–Trinajstić information content (AvgIpc) is 2.25. The van der Waals surface area contributed by atoms with E-state index in [0.717, 1.165) is 5.75 Å². The van der Waals surface area contributed by atoms with Gasteiger partial charge in [-0.15, -0.1) is 0 Å². The fourth-order valence-corrected chi connectivity index (χ4v) is 0.887. The van der Waals surface area contributed by atoms with E-state index in [2.05, 4.69) is 10.0 Å². The van der Waals surface area contributed by atoms with Crippen LogP contribution < -0.4 is 4.74 Å². The summed E-state index contributed by atoms with van der Waals surface area (Å²) in [5.41, 5.74) is 7.99. The number of azide groups is 1. The third-order valence-corrected chi connectivity index (χ3v) is 1.51. The molecule has 0 aliphatic carbocycles. The van der Waals surface area contributed by atoms with Gasteiger partial charge in [-0.1, -0.05) is 35.5 Å². The molecule has 1 rings (SSSR count). The zero-order valence-electron chi connectivity index (χ0n) is 7.71. The Hall–Kier alpha value is -1.93. The van der Waals surface area contributed by atoms with Crippen molar-refractivity contribution in [2.45, 2.75) is 0 Å². The predicted octanol–water partition coefficient (Wildman–Crippen LogP) is 2.93. The maximum absolute atomic E-state index is 7.99. The first-order chi connectivity index (χ1) is 6.93. The predicted molar refractivity (Wildman–Crippen MR) is 55.1 cm³/mol. The van der Waals surface area contributed by atoms with Gasteiger partial charge in [0.1, 0.15) is 12.4 Å². The van der Waals surface area contributed by atoms with Gasteiger partial charge in [0.05, 0.1) is 0 Å². The van der Waals surface area contributed by atoms with Crippen LogP contribution in [0.3, 0.4) is 0 Å². The summed E-state index contributed by atoms with van der Waals surface area (Å²) in [7, 11) is 0. The molecule has 0 unspecified atom stereocenters. The van der Waals surface area contributed by atoms with Crippen molar-refractivity contribution < 1.29 is 4.74 Å². The van der Waals surface area contributed by atoms with Crippen molar-refractivity contribution in [1.82, 2.24) is 0 Å². The van der Waals surface area contributed by atoms with E-state index in [0.29, 0.717) is 13.2 Å². The highest BCUT2D eigenvalue weighted by Crippen LogP contribution is 2.07. The normalized spacial score (nSPS) is 9.71. The van der Waals surface area contributed by atoms with Crippen molar-refractivity contribution in [3.05, 3.63) is 52.9 Å². The largest absolute Gasteiger partial charge is 0.490 e. The third-order valence-electron chi connectivity index (χ3n) is 1.51. The summed E-state index contributed by atoms with van der Waals surface area (Å²) in [6, 6.07) is 9.55. The van der Waals surface area contributed by atoms with Crippen LogP contribution in [0, 0.1) is 0 Å². The Bertz CT molecular complexity index is 328. The Labute approximate surface area is 82.4 Å². The minimum absolute atomic E-state index is 0.370. The third kappa shape index (κ3) is 4.18. The SMILES string of the molecule is [N-]=[N+]=NC/C=C\COc1ccccc1. The van der Waals surface area contributed by atoms with Crippen LogP contribution in [0.1, 0.15) is 0 Å². The summed E-state index contributed by atoms with van der Waals surface area (Å²) in [6.07, 6.45) is 3.59. The van der Waals surface area contributed by atoms with Crippen LogP contribution in [0.4, 0.5) is 0 Å². The quantitative estimate of drug-likeness (QED) is 0.304. The van der Waals surface area contributed by atoms with Gasteiger partial charge < -0.3 is 4.74 Å². The lowest BCUT2D eigenvalue weighted by atomic mass is 10.3. The van der Waals surface area contributed by atoms with Crippen LogP contribution in [-0.2, 0) is 0 Å². The van der Waals surface area contributed by atoms with Crippen LogP contribution in [0.15, 0.2) is 47.6 Å². The molecule has 0 aliphatic heterocycles. The molecule has 14 heavy (non-hydrogen) atoms. The average molecular weight is 189 g/mol. The smallest absolute Gasteiger partial charge is 0.119 e. The van der Waals surface area contributed by atoms with E-state index in [1.165, 1.54) is 0 Å². The standard InChI is InChI=1S/C10H11N3O/c11-13-12-8-4-5-9-14-10-6-2-1-3-7-10/h1-7H,8-9H2/b5-4-. The molecule has 0 heterocycles. The molecule has 0 fully saturated rings. The van der Waals surface area contributed by atoms with Crippen molar-refractivity contribution >= 4 is 0 Å². The Morgan fingerprint density at radius 2 is 2.07 bits per heavy atom. The van der Waals surface area contributed by atoms with Gasteiger partial charge in [-0.2, -0.15) is 0 Å². The summed E-state index contributed by atoms with van der Waals surface area (Å²) < 4.78 is 5.36. The number of nitrogens with zero attached hydrogens (tertiary/aromatic N) is 3. The maximum atomic E-state index is 7.99. The van der Waals surface area contributed by atoms with Crippen LogP contribution in [-0.4, -0.2) is 13.2 Å². The molecule has 1 aromatic rings. The molecule has 72 valence electrons. The topological polar surface area (TPSA) is 58.0 Å². The summed E-state index contributed by atoms with van der Waals surface area (Å²) in [5.74, 6) is 0.834. The van der Waals surface area contributed by atoms with Gasteiger partial charge in [0.15, 0.2) is 0 Å². The van der Waals surface area contributed by atoms with E-state index in [1.54, 1.807) is 6.08 Å². The van der Waals surface area contributed by atoms with Crippen molar-refractivity contribution in [3.63, 3.8) is 0 Å². The van der Waals surface area contributed by atoms with Gasteiger partial charge in [0, 0.05) is 11.5 Å². The number of benzene rings is 1. The molecule has 0 saturated carbocycles. The summed E-state index contributed by atoms with van der Waals surface area (Å²) >= 11 is 0. The van der Waals surface area contributed by atoms with Gasteiger partial charge in [0.25, 0.3) is 0 Å². The lowest BCUT2D eigenvalue weighted by molar-refractivity contribution is 0.362. The first-order valence-corrected chi connectivity index (χ1v) is 4.27. The molecular formula is C10H11N3O. The molecule has 4 heteroatoms. The highest BCUT2D eigenvalue weighted by molar-refractivity contribution is 5.21. The van der Waals surface area contributed by atoms with E-state index < -0.39 is 0 Å². The van der Waals surface area contributed by atoms with Crippen LogP contribution in [0.5, 0.6) is 5.75 Å². The minimum atomic E-state index is 0.370. The molecule has 0 spiro atoms. The lowest BCUT2D eigenvalue weighted by Gasteiger charge is -2.00. The molecule has 0 saturated heterocycles. The first kappa shape index (κ1) is 10.2. The van der Waals surface area contributed by atoms with E-state index in [9.17, 15) is 0 Å². The molecule has 0 radical (unpaired) electrons. The zero-order chi connectivity index (χ0) is 10.1. The second-order valence-electron chi connectivity index (χ2n) is 2.51. The molecule has 0 aromatic heterocycles. The Balaban J connectivity index is 2.22. The van der Waals surface area contributed by atoms with E-state index >= 15 is 0 Å². The van der Waals surface area contributed by atoms with E-state index in [1.807, 2.05) is 36.4 Å². The van der Waals surface area contributed by atoms with Crippen LogP contribution in [0.2, 0.25) is 0 Å². The van der Waals surface area contributed by atoms with Gasteiger partial charge in [-0.05, 0) is 17.7 Å². The van der Waals surface area contributed by atoms with Crippen molar-refractivity contribution in [3.8, 4) is 5.75 Å². The number of ether oxygens (including phenoxy) is 1. The molecule has 1 aromatic carbocycles. The van der Waals surface area contributed by atoms with Gasteiger partial charge in [0.2, 0.25) is 0 Å². The summed E-state index contributed by atoms with van der Waals surface area (Å²) in [4.78, 5) is 2.62. The van der Waals surface area contributed by atoms with Crippen LogP contribution in [0.25, 0.3) is 10.4 Å². The molecule has 0 N–H and O–H groups in total. The minimum Gasteiger partial charge on any atom is -0.490 e. The lowest BCUT2D eigenvalue weighted by Crippen LogP contribution is -1.92. The van der Waals surface area contributed by atoms with Crippen LogP contribution >= 0.6 is 0 Å². The second-order valence-corrected chi connectivity index (χ2v) is 2.51. The fourth-order valence-electron chi connectivity index (χ4n) is 0.887. The van der Waals surface area contributed by atoms with Gasteiger partial charge in [-0.3, -0.25) is 0 Å². The summed E-state index contributed by atoms with van der Waals surface area (Å²) in [6.45, 7) is 0.861. The molecule has 4 nitrogen and oxygen atoms in total. The highest BCUT2D eigenvalue weighted by atomic mass is 16.5. The molecular weight excluding hydrogens is 178 g/mol. The monoisotopic (exact) mass is 189 g/mol. The fraction of sp³-hybridized carbons (Fsp3) is 0.200. The molecule has 0 atom stereocenters. The van der Waals surface area contributed by atoms with E-state index in [-0.39, 0.29) is 0 Å². The zero-order valence-corrected chi connectivity index (χ0v) is 7.71. The maximum Gasteiger partial charge on any atom is 0.119 e. The van der Waals surface area contributed by atoms with Crippen molar-refractivity contribution in [1.29, 1.82) is 0 Å². The molecule has 0 amide bonds. The van der Waals surface area contributed by atoms with Crippen molar-refractivity contribution in [2.75, 3.05) is 13.2 Å². The first-order valence-electron chi connectivity index (χ1n) is 4.27. The number of rotatable bonds is 5. The molecule has 0 bridgehead atoms. The highest BCUT2D eigenvalue weighted by Gasteiger charge is 1.86. The van der Waals surface area contributed by atoms with Crippen molar-refractivity contribution in [2.24, 2.45) is 5.11 Å². The Kier molecular flexibility index (Phi) is 4.77. The van der Waals surface area contributed by atoms with E-state index in [4.69, 9.17) is 10.3 Å². The number of hydrogen-bond acceptors (Lipinski definition) is 2. The number of para-hydroxylation sites is 1. The Morgan fingerprint density at radius 3 is 2.79 bits per heavy atom. The van der Waals surface area contributed by atoms with Gasteiger partial charge in [-0.25, -0.2) is 0 Å². The summed E-state index contributed by atoms with van der Waals surface area (Å²) in [5, 5.41) is 3.35. The van der Waals surface area contributed by atoms with Gasteiger partial charge >= 0.3 is 0 Å². The molecule has 0 aliphatic rings. The number of hydrogen-bond donors (Lipinski definition) is 0. The second kappa shape index (κ2) is 6.57. The Morgan fingerprint density at radius 1 is 1.29 bits per heavy atom.